The first-order valence-corrected chi connectivity index (χ1v) is 16.3. The van der Waals surface area contributed by atoms with E-state index < -0.39 is 42.7 Å². The third-order valence-corrected chi connectivity index (χ3v) is 10.4. The highest BCUT2D eigenvalue weighted by Crippen LogP contribution is 2.69. The number of rotatable bonds is 8. The summed E-state index contributed by atoms with van der Waals surface area (Å²) in [5.41, 5.74) is -7.19. The minimum absolute atomic E-state index is 0.269. The van der Waals surface area contributed by atoms with Crippen molar-refractivity contribution in [3.63, 3.8) is 0 Å². The topological polar surface area (TPSA) is 74.6 Å². The van der Waals surface area contributed by atoms with Crippen molar-refractivity contribution in [3.05, 3.63) is 72.8 Å². The monoisotopic (exact) mass is 629 g/mol. The minimum atomic E-state index is -5.95. The van der Waals surface area contributed by atoms with Crippen LogP contribution in [-0.2, 0) is 10.1 Å². The van der Waals surface area contributed by atoms with Gasteiger partial charge in [0.1, 0.15) is 34.1 Å². The molecule has 3 aromatic carbocycles. The lowest BCUT2D eigenvalue weighted by Gasteiger charge is -2.35. The summed E-state index contributed by atoms with van der Waals surface area (Å²) in [5.74, 6) is 1.42. The van der Waals surface area contributed by atoms with Crippen LogP contribution >= 0.6 is 10.3 Å². The molecule has 11 heteroatoms. The van der Waals surface area contributed by atoms with Gasteiger partial charge in [-0.25, -0.2) is 0 Å². The van der Waals surface area contributed by atoms with Crippen molar-refractivity contribution in [2.45, 2.75) is 99.3 Å². The van der Waals surface area contributed by atoms with E-state index in [4.69, 9.17) is 14.2 Å². The van der Waals surface area contributed by atoms with Crippen LogP contribution in [0.5, 0.6) is 17.2 Å². The van der Waals surface area contributed by atoms with Crippen molar-refractivity contribution in [2.75, 3.05) is 0 Å². The molecule has 42 heavy (non-hydrogen) atoms. The molecule has 0 spiro atoms. The molecule has 0 bridgehead atoms. The van der Waals surface area contributed by atoms with E-state index in [1.165, 1.54) is 0 Å². The highest BCUT2D eigenvalue weighted by Gasteiger charge is 2.58. The molecule has 1 N–H and O–H groups in total. The van der Waals surface area contributed by atoms with Crippen LogP contribution in [0.1, 0.15) is 62.3 Å². The minimum Gasteiger partial charge on any atom is -0.488 e. The summed E-state index contributed by atoms with van der Waals surface area (Å²) < 4.78 is 88.9. The Labute approximate surface area is 248 Å². The molecule has 3 rings (SSSR count). The molecule has 0 aliphatic carbocycles. The number of hydrogen-bond acceptors (Lipinski definition) is 5. The number of ether oxygens (including phenoxy) is 3. The highest BCUT2D eigenvalue weighted by molar-refractivity contribution is 8.32. The second-order valence-electron chi connectivity index (χ2n) is 12.6. The van der Waals surface area contributed by atoms with E-state index in [0.29, 0.717) is 17.2 Å². The van der Waals surface area contributed by atoms with Gasteiger partial charge in [0.05, 0.1) is 25.0 Å². The Bertz CT molecular complexity index is 1300. The van der Waals surface area contributed by atoms with Gasteiger partial charge in [-0.15, -0.1) is 8.42 Å². The van der Waals surface area contributed by atoms with Crippen molar-refractivity contribution in [2.24, 2.45) is 0 Å². The summed E-state index contributed by atoms with van der Waals surface area (Å²) in [6.07, 6.45) is 0. The zero-order valence-corrected chi connectivity index (χ0v) is 27.0. The molecule has 232 valence electrons. The Balaban J connectivity index is 2.32. The first kappa shape index (κ1) is 33.6. The summed E-state index contributed by atoms with van der Waals surface area (Å²) in [5, 5.41) is 0. The number of hydrogen-bond donors (Lipinski definition) is 0. The van der Waals surface area contributed by atoms with Crippen LogP contribution < -0.4 is 14.2 Å². The fraction of sp³-hybridized carbons (Fsp3) is 0.419. The van der Waals surface area contributed by atoms with Crippen LogP contribution in [0.25, 0.3) is 0 Å². The van der Waals surface area contributed by atoms with Gasteiger partial charge in [0.25, 0.3) is 0 Å². The number of halogens is 3. The van der Waals surface area contributed by atoms with Crippen molar-refractivity contribution in [3.8, 4) is 17.2 Å². The Morgan fingerprint density at radius 3 is 0.929 bits per heavy atom. The van der Waals surface area contributed by atoms with Gasteiger partial charge in [-0.1, -0.05) is 0 Å². The molecular weight excluding hydrogens is 589 g/mol. The van der Waals surface area contributed by atoms with Crippen LogP contribution in [-0.4, -0.2) is 34.4 Å². The lowest BCUT2D eigenvalue weighted by Crippen LogP contribution is -2.30. The van der Waals surface area contributed by atoms with Gasteiger partial charge in [-0.3, -0.25) is 3.63 Å². The molecule has 0 radical (unpaired) electrons. The SMILES string of the molecule is CC(C)(C)Oc1ccc(S([OH+]S(=O)(=O)C(F)(F)F)(c2ccc(OC(C)(C)C)cc2)c2ccc(OC(C)(C)C)cc2)cc1. The molecule has 0 fully saturated rings. The van der Waals surface area contributed by atoms with E-state index in [2.05, 4.69) is 3.63 Å². The van der Waals surface area contributed by atoms with Crippen LogP contribution in [0.3, 0.4) is 0 Å². The molecular formula is C31H40F3O6S2+. The van der Waals surface area contributed by atoms with Crippen molar-refractivity contribution >= 4 is 20.4 Å². The average molecular weight is 630 g/mol. The zero-order valence-electron chi connectivity index (χ0n) is 25.4. The van der Waals surface area contributed by atoms with E-state index in [0.717, 1.165) is 0 Å². The lowest BCUT2D eigenvalue weighted by atomic mass is 10.2. The summed E-state index contributed by atoms with van der Waals surface area (Å²) >= 11 is 0. The maximum Gasteiger partial charge on any atom is 0.572 e. The normalized spacial score (nSPS) is 13.9. The lowest BCUT2D eigenvalue weighted by molar-refractivity contribution is -0.0540. The second kappa shape index (κ2) is 11.7. The van der Waals surface area contributed by atoms with Crippen LogP contribution in [0, 0.1) is 0 Å². The summed E-state index contributed by atoms with van der Waals surface area (Å²) in [6, 6.07) is 19.0. The van der Waals surface area contributed by atoms with Crippen LogP contribution in [0.4, 0.5) is 13.2 Å². The second-order valence-corrected chi connectivity index (χ2v) is 17.2. The number of alkyl halides is 3. The maximum atomic E-state index is 13.9. The van der Waals surface area contributed by atoms with E-state index in [9.17, 15) is 21.6 Å². The summed E-state index contributed by atoms with van der Waals surface area (Å²) in [6.45, 7) is 16.8. The van der Waals surface area contributed by atoms with Gasteiger partial charge in [0, 0.05) is 0 Å². The smallest absolute Gasteiger partial charge is 0.488 e. The summed E-state index contributed by atoms with van der Waals surface area (Å²) in [4.78, 5) is 0.807. The average Bonchev–Trinajstić information content (AvgIpc) is 2.80. The van der Waals surface area contributed by atoms with Gasteiger partial charge < -0.3 is 14.2 Å². The van der Waals surface area contributed by atoms with Gasteiger partial charge >= 0.3 is 15.6 Å². The van der Waals surface area contributed by atoms with E-state index in [1.807, 2.05) is 62.3 Å². The van der Waals surface area contributed by atoms with Gasteiger partial charge in [-0.05, 0) is 135 Å². The Kier molecular flexibility index (Phi) is 9.33. The van der Waals surface area contributed by atoms with Crippen molar-refractivity contribution < 1.29 is 39.4 Å². The zero-order chi connectivity index (χ0) is 31.8. The largest absolute Gasteiger partial charge is 0.572 e. The molecule has 0 saturated carbocycles. The molecule has 6 nitrogen and oxygen atoms in total. The van der Waals surface area contributed by atoms with E-state index >= 15 is 0 Å². The van der Waals surface area contributed by atoms with Crippen molar-refractivity contribution in [1.29, 1.82) is 0 Å². The molecule has 3 aromatic rings. The Morgan fingerprint density at radius 1 is 0.500 bits per heavy atom. The molecule has 0 heterocycles. The predicted octanol–water partition coefficient (Wildman–Crippen LogP) is 9.36. The van der Waals surface area contributed by atoms with E-state index in [-0.39, 0.29) is 14.7 Å². The first-order valence-electron chi connectivity index (χ1n) is 13.3. The van der Waals surface area contributed by atoms with Gasteiger partial charge in [0.15, 0.2) is 0 Å². The van der Waals surface area contributed by atoms with Gasteiger partial charge in [0.2, 0.25) is 0 Å². The fourth-order valence-electron chi connectivity index (χ4n) is 3.90. The Hall–Kier alpha value is -2.89. The molecule has 0 aliphatic rings. The molecule has 0 aliphatic heterocycles. The molecule has 0 unspecified atom stereocenters. The van der Waals surface area contributed by atoms with Crippen LogP contribution in [0.15, 0.2) is 87.5 Å². The van der Waals surface area contributed by atoms with Gasteiger partial charge in [-0.2, -0.15) is 13.2 Å². The summed E-state index contributed by atoms with van der Waals surface area (Å²) in [7, 11) is -9.35. The molecule has 0 atom stereocenters. The first-order chi connectivity index (χ1) is 19.0. The highest BCUT2D eigenvalue weighted by atomic mass is 32.3. The maximum absolute atomic E-state index is 13.9. The molecule has 0 amide bonds. The third-order valence-electron chi connectivity index (χ3n) is 5.27. The quantitative estimate of drug-likeness (QED) is 0.141. The Morgan fingerprint density at radius 2 is 0.738 bits per heavy atom. The van der Waals surface area contributed by atoms with Crippen molar-refractivity contribution in [1.82, 2.24) is 0 Å². The fourth-order valence-corrected chi connectivity index (χ4v) is 8.86. The predicted molar refractivity (Wildman–Crippen MR) is 160 cm³/mol. The van der Waals surface area contributed by atoms with Crippen LogP contribution in [0.2, 0.25) is 0 Å². The molecule has 0 saturated heterocycles. The van der Waals surface area contributed by atoms with E-state index in [1.54, 1.807) is 72.8 Å². The third kappa shape index (κ3) is 8.58. The number of benzene rings is 3. The standard InChI is InChI=1S/C31H39F3O6S2/c1-28(2,3)37-22-10-16-25(17-11-22)41(40-42(35,36)31(32,33)34,26-18-12-23(13-19-26)38-29(4,5)6)27-20-14-24(15-21-27)39-30(7,8)9/h10-21H,1-9H3/p+1. The molecule has 0 aromatic heterocycles.